The Bertz CT molecular complexity index is 899. The number of amides is 2. The molecule has 0 aliphatic heterocycles. The highest BCUT2D eigenvalue weighted by molar-refractivity contribution is 6.32. The normalized spacial score (nSPS) is 15.1. The van der Waals surface area contributed by atoms with E-state index < -0.39 is 0 Å². The molecule has 6 nitrogen and oxygen atoms in total. The van der Waals surface area contributed by atoms with Crippen LogP contribution in [0.5, 0.6) is 0 Å². The standard InChI is InChI=1S/C22H28Cl2N2O.C5H12N2O/c1-15(2)9-10-20(23)11-12-25-17(4)18(5)26-22(27)14-19-8-6-7-16(3)21(24)13-19;1-2-7(5-8)4-3-6/h7-11,13,18H,1,6,12,14H2,2-5H3,(H,26,27);5H,2-4,6H2,1H3/b10-9-,20-11+,25-17?;. The first kappa shape index (κ1) is 32.6. The molecule has 3 N–H and O–H groups in total. The number of nitrogens with one attached hydrogen (secondary N) is 1. The van der Waals surface area contributed by atoms with Gasteiger partial charge in [0.15, 0.2) is 0 Å². The summed E-state index contributed by atoms with van der Waals surface area (Å²) in [6.07, 6.45) is 13.3. The molecule has 8 heteroatoms. The number of allylic oxidation sites excluding steroid dienone is 9. The zero-order chi connectivity index (χ0) is 26.8. The first-order valence-corrected chi connectivity index (χ1v) is 12.4. The number of carbonyl (C=O) groups is 2. The third kappa shape index (κ3) is 16.0. The zero-order valence-corrected chi connectivity index (χ0v) is 23.1. The monoisotopic (exact) mass is 522 g/mol. The number of carbonyl (C=O) groups excluding carboxylic acids is 2. The Labute approximate surface area is 221 Å². The van der Waals surface area contributed by atoms with Gasteiger partial charge < -0.3 is 16.0 Å². The summed E-state index contributed by atoms with van der Waals surface area (Å²) in [6, 6.07) is -0.152. The zero-order valence-electron chi connectivity index (χ0n) is 21.6. The Morgan fingerprint density at radius 2 is 2.03 bits per heavy atom. The fraction of sp³-hybridized carbons (Fsp3) is 0.444. The van der Waals surface area contributed by atoms with Crippen molar-refractivity contribution in [3.05, 3.63) is 69.8 Å². The van der Waals surface area contributed by atoms with E-state index in [1.54, 1.807) is 11.0 Å². The molecule has 35 heavy (non-hydrogen) atoms. The summed E-state index contributed by atoms with van der Waals surface area (Å²) in [5.74, 6) is -0.0541. The molecule has 0 heterocycles. The van der Waals surface area contributed by atoms with E-state index in [4.69, 9.17) is 28.9 Å². The largest absolute Gasteiger partial charge is 0.348 e. The second-order valence-electron chi connectivity index (χ2n) is 8.13. The summed E-state index contributed by atoms with van der Waals surface area (Å²) < 4.78 is 0. The molecule has 1 aliphatic rings. The van der Waals surface area contributed by atoms with Gasteiger partial charge in [-0.15, -0.1) is 0 Å². The Balaban J connectivity index is 0.00000124. The lowest BCUT2D eigenvalue weighted by atomic mass is 10.1. The summed E-state index contributed by atoms with van der Waals surface area (Å²) in [7, 11) is 0. The topological polar surface area (TPSA) is 87.8 Å². The second kappa shape index (κ2) is 18.9. The van der Waals surface area contributed by atoms with Crippen LogP contribution in [-0.4, -0.2) is 55.1 Å². The minimum atomic E-state index is -0.152. The van der Waals surface area contributed by atoms with Crippen LogP contribution in [0, 0.1) is 0 Å². The van der Waals surface area contributed by atoms with Gasteiger partial charge >= 0.3 is 0 Å². The SMILES string of the molecule is C=C(C)/C=C\C(Cl)=C/CN=C(C)C(C)NC(=O)CC1=CCC=C(C)C(Cl)=C1.CCN(C=O)CCN. The van der Waals surface area contributed by atoms with Crippen molar-refractivity contribution in [3.8, 4) is 0 Å². The van der Waals surface area contributed by atoms with E-state index in [1.807, 2.05) is 65.0 Å². The molecule has 0 saturated carbocycles. The lowest BCUT2D eigenvalue weighted by molar-refractivity contribution is -0.120. The maximum Gasteiger partial charge on any atom is 0.224 e. The van der Waals surface area contributed by atoms with Crippen LogP contribution in [0.25, 0.3) is 0 Å². The first-order chi connectivity index (χ1) is 16.5. The molecule has 1 aliphatic carbocycles. The molecule has 0 aromatic heterocycles. The van der Waals surface area contributed by atoms with Gasteiger partial charge in [0.1, 0.15) is 0 Å². The fourth-order valence-corrected chi connectivity index (χ4v) is 3.03. The van der Waals surface area contributed by atoms with Crippen LogP contribution in [0.15, 0.2) is 74.8 Å². The third-order valence-electron chi connectivity index (χ3n) is 4.99. The number of nitrogens with zero attached hydrogens (tertiary/aromatic N) is 2. The molecule has 1 rings (SSSR count). The van der Waals surface area contributed by atoms with Crippen molar-refractivity contribution in [2.45, 2.75) is 53.5 Å². The Kier molecular flexibility index (Phi) is 17.6. The number of hydrogen-bond acceptors (Lipinski definition) is 4. The summed E-state index contributed by atoms with van der Waals surface area (Å²) in [4.78, 5) is 28.4. The number of rotatable bonds is 12. The van der Waals surface area contributed by atoms with Gasteiger partial charge in [-0.3, -0.25) is 14.6 Å². The van der Waals surface area contributed by atoms with Crippen molar-refractivity contribution in [2.24, 2.45) is 10.7 Å². The Morgan fingerprint density at radius 3 is 2.57 bits per heavy atom. The summed E-state index contributed by atoms with van der Waals surface area (Å²) in [5, 5.41) is 4.26. The second-order valence-corrected chi connectivity index (χ2v) is 8.98. The average molecular weight is 524 g/mol. The quantitative estimate of drug-likeness (QED) is 0.203. The minimum absolute atomic E-state index is 0.0541. The summed E-state index contributed by atoms with van der Waals surface area (Å²) >= 11 is 12.3. The van der Waals surface area contributed by atoms with E-state index in [9.17, 15) is 9.59 Å². The molecule has 0 radical (unpaired) electrons. The molecule has 194 valence electrons. The lowest BCUT2D eigenvalue weighted by Crippen LogP contribution is -2.37. The highest BCUT2D eigenvalue weighted by Gasteiger charge is 2.12. The lowest BCUT2D eigenvalue weighted by Gasteiger charge is -2.14. The smallest absolute Gasteiger partial charge is 0.224 e. The van der Waals surface area contributed by atoms with Gasteiger partial charge in [-0.1, -0.05) is 53.6 Å². The van der Waals surface area contributed by atoms with E-state index in [-0.39, 0.29) is 11.9 Å². The molecule has 0 fully saturated rings. The van der Waals surface area contributed by atoms with Gasteiger partial charge in [0.2, 0.25) is 12.3 Å². The van der Waals surface area contributed by atoms with Crippen LogP contribution in [0.2, 0.25) is 0 Å². The number of likely N-dealkylation sites (N-methyl/N-ethyl adjacent to an activating group) is 1. The summed E-state index contributed by atoms with van der Waals surface area (Å²) in [5.41, 5.74) is 8.91. The van der Waals surface area contributed by atoms with Crippen LogP contribution >= 0.6 is 23.2 Å². The van der Waals surface area contributed by atoms with Crippen molar-refractivity contribution in [2.75, 3.05) is 26.2 Å². The highest BCUT2D eigenvalue weighted by Crippen LogP contribution is 2.22. The van der Waals surface area contributed by atoms with Crippen LogP contribution in [0.4, 0.5) is 0 Å². The third-order valence-corrected chi connectivity index (χ3v) is 5.67. The Hall–Kier alpha value is -2.41. The highest BCUT2D eigenvalue weighted by atomic mass is 35.5. The molecular formula is C27H40Cl2N4O2. The van der Waals surface area contributed by atoms with Crippen LogP contribution in [0.1, 0.15) is 47.5 Å². The van der Waals surface area contributed by atoms with Gasteiger partial charge in [0.05, 0.1) is 19.0 Å². The van der Waals surface area contributed by atoms with E-state index in [1.165, 1.54) is 0 Å². The molecule has 1 atom stereocenters. The molecule has 2 amide bonds. The molecule has 0 aromatic rings. The fourth-order valence-electron chi connectivity index (χ4n) is 2.68. The van der Waals surface area contributed by atoms with Crippen molar-refractivity contribution < 1.29 is 9.59 Å². The van der Waals surface area contributed by atoms with Crippen molar-refractivity contribution >= 4 is 41.2 Å². The average Bonchev–Trinajstić information content (AvgIpc) is 2.96. The number of nitrogens with two attached hydrogens (primary N) is 1. The number of halogens is 2. The van der Waals surface area contributed by atoms with Crippen LogP contribution < -0.4 is 11.1 Å². The van der Waals surface area contributed by atoms with Crippen molar-refractivity contribution in [3.63, 3.8) is 0 Å². The molecular weight excluding hydrogens is 483 g/mol. The Morgan fingerprint density at radius 1 is 1.34 bits per heavy atom. The molecule has 0 bridgehead atoms. The van der Waals surface area contributed by atoms with Gasteiger partial charge in [0, 0.05) is 35.4 Å². The van der Waals surface area contributed by atoms with Crippen molar-refractivity contribution in [1.82, 2.24) is 10.2 Å². The van der Waals surface area contributed by atoms with E-state index >= 15 is 0 Å². The molecule has 0 aromatic carbocycles. The van der Waals surface area contributed by atoms with E-state index in [0.717, 1.165) is 41.8 Å². The molecule has 0 spiro atoms. The summed E-state index contributed by atoms with van der Waals surface area (Å²) in [6.45, 7) is 15.8. The number of aliphatic imine (C=N–C) groups is 1. The predicted octanol–water partition coefficient (Wildman–Crippen LogP) is 5.42. The van der Waals surface area contributed by atoms with Gasteiger partial charge in [-0.2, -0.15) is 0 Å². The molecule has 1 unspecified atom stereocenters. The van der Waals surface area contributed by atoms with Gasteiger partial charge in [-0.05, 0) is 70.4 Å². The van der Waals surface area contributed by atoms with Crippen molar-refractivity contribution in [1.29, 1.82) is 0 Å². The predicted molar refractivity (Wildman–Crippen MR) is 151 cm³/mol. The minimum Gasteiger partial charge on any atom is -0.348 e. The maximum absolute atomic E-state index is 12.3. The van der Waals surface area contributed by atoms with E-state index in [2.05, 4.69) is 16.9 Å². The van der Waals surface area contributed by atoms with E-state index in [0.29, 0.717) is 36.1 Å². The van der Waals surface area contributed by atoms with Gasteiger partial charge in [0.25, 0.3) is 0 Å². The maximum atomic E-state index is 12.3. The van der Waals surface area contributed by atoms with Crippen LogP contribution in [-0.2, 0) is 9.59 Å². The number of hydrogen-bond donors (Lipinski definition) is 2. The molecule has 0 saturated heterocycles. The first-order valence-electron chi connectivity index (χ1n) is 11.7. The van der Waals surface area contributed by atoms with Gasteiger partial charge in [-0.25, -0.2) is 0 Å². The van der Waals surface area contributed by atoms with Crippen LogP contribution in [0.3, 0.4) is 0 Å².